The Labute approximate surface area is 165 Å². The average Bonchev–Trinajstić information content (AvgIpc) is 3.19. The first-order chi connectivity index (χ1) is 13.4. The molecule has 1 aliphatic rings. The fraction of sp³-hybridized carbons (Fsp3) is 0.167. The van der Waals surface area contributed by atoms with E-state index in [1.807, 2.05) is 0 Å². The van der Waals surface area contributed by atoms with Crippen molar-refractivity contribution in [3.8, 4) is 0 Å². The summed E-state index contributed by atoms with van der Waals surface area (Å²) in [4.78, 5) is 12.4. The first kappa shape index (κ1) is 18.5. The molecule has 0 unspecified atom stereocenters. The molecule has 144 valence electrons. The van der Waals surface area contributed by atoms with Gasteiger partial charge in [0.1, 0.15) is 23.8 Å². The van der Waals surface area contributed by atoms with E-state index in [-0.39, 0.29) is 16.6 Å². The van der Waals surface area contributed by atoms with Crippen molar-refractivity contribution in [3.63, 3.8) is 0 Å². The molecule has 1 aliphatic heterocycles. The second-order valence-electron chi connectivity index (χ2n) is 6.31. The predicted octanol–water partition coefficient (Wildman–Crippen LogP) is 4.12. The number of amides is 2. The molecule has 0 radical (unpaired) electrons. The zero-order valence-electron chi connectivity index (χ0n) is 14.2. The third-order valence-corrected chi connectivity index (χ3v) is 4.98. The second-order valence-corrected chi connectivity index (χ2v) is 7.23. The number of nitrogens with one attached hydrogen (secondary N) is 2. The predicted molar refractivity (Wildman–Crippen MR) is 98.1 cm³/mol. The van der Waals surface area contributed by atoms with Crippen LogP contribution < -0.4 is 10.6 Å². The summed E-state index contributed by atoms with van der Waals surface area (Å²) in [6, 6.07) is 6.15. The molecule has 10 heteroatoms. The van der Waals surface area contributed by atoms with Gasteiger partial charge in [-0.1, -0.05) is 15.9 Å². The molecule has 2 amide bonds. The fourth-order valence-electron chi connectivity index (χ4n) is 3.32. The largest absolute Gasteiger partial charge is 0.327 e. The van der Waals surface area contributed by atoms with Gasteiger partial charge >= 0.3 is 6.03 Å². The lowest BCUT2D eigenvalue weighted by Crippen LogP contribution is -2.35. The minimum Gasteiger partial charge on any atom is -0.327 e. The van der Waals surface area contributed by atoms with Gasteiger partial charge in [-0.15, -0.1) is 10.2 Å². The summed E-state index contributed by atoms with van der Waals surface area (Å²) in [7, 11) is 0. The van der Waals surface area contributed by atoms with E-state index in [0.29, 0.717) is 11.5 Å². The quantitative estimate of drug-likeness (QED) is 0.629. The van der Waals surface area contributed by atoms with Gasteiger partial charge in [-0.05, 0) is 36.4 Å². The molecule has 2 aromatic carbocycles. The molecule has 2 N–H and O–H groups in total. The third-order valence-electron chi connectivity index (χ3n) is 4.52. The van der Waals surface area contributed by atoms with Gasteiger partial charge in [0.05, 0.1) is 6.04 Å². The van der Waals surface area contributed by atoms with Crippen molar-refractivity contribution in [2.24, 2.45) is 0 Å². The molecule has 0 saturated heterocycles. The van der Waals surface area contributed by atoms with Crippen LogP contribution in [-0.2, 0) is 6.54 Å². The minimum atomic E-state index is -0.798. The number of carbonyl (C=O) groups excluding carboxylic acids is 1. The van der Waals surface area contributed by atoms with Crippen LogP contribution in [0.3, 0.4) is 0 Å². The van der Waals surface area contributed by atoms with Crippen LogP contribution in [0.2, 0.25) is 0 Å². The van der Waals surface area contributed by atoms with Crippen LogP contribution in [0.1, 0.15) is 23.3 Å². The first-order valence-electron chi connectivity index (χ1n) is 8.27. The zero-order chi connectivity index (χ0) is 19.8. The SMILES string of the molecule is O=C(Nc1ccc(F)cc1)N[C@@H]1c2nncn2C[C@H]1c1c(F)cc(Br)cc1F. The summed E-state index contributed by atoms with van der Waals surface area (Å²) in [5.74, 6) is -2.20. The average molecular weight is 452 g/mol. The molecule has 2 atom stereocenters. The number of anilines is 1. The van der Waals surface area contributed by atoms with E-state index in [9.17, 15) is 18.0 Å². The summed E-state index contributed by atoms with van der Waals surface area (Å²) >= 11 is 3.06. The highest BCUT2D eigenvalue weighted by atomic mass is 79.9. The maximum atomic E-state index is 14.5. The van der Waals surface area contributed by atoms with Gasteiger partial charge in [-0.3, -0.25) is 0 Å². The molecule has 6 nitrogen and oxygen atoms in total. The van der Waals surface area contributed by atoms with Crippen LogP contribution >= 0.6 is 15.9 Å². The first-order valence-corrected chi connectivity index (χ1v) is 9.07. The molecule has 4 rings (SSSR count). The molecule has 1 aromatic heterocycles. The van der Waals surface area contributed by atoms with Gasteiger partial charge in [-0.2, -0.15) is 0 Å². The molecule has 0 saturated carbocycles. The Balaban J connectivity index is 1.61. The summed E-state index contributed by atoms with van der Waals surface area (Å²) in [5.41, 5.74) is 0.233. The lowest BCUT2D eigenvalue weighted by atomic mass is 9.92. The van der Waals surface area contributed by atoms with E-state index < -0.39 is 35.4 Å². The van der Waals surface area contributed by atoms with Gasteiger partial charge in [0, 0.05) is 28.2 Å². The second kappa shape index (κ2) is 7.27. The molecule has 0 spiro atoms. The van der Waals surface area contributed by atoms with Crippen molar-refractivity contribution in [1.82, 2.24) is 20.1 Å². The number of benzene rings is 2. The van der Waals surface area contributed by atoms with Crippen molar-refractivity contribution in [2.75, 3.05) is 5.32 Å². The van der Waals surface area contributed by atoms with Crippen LogP contribution in [0.15, 0.2) is 47.2 Å². The van der Waals surface area contributed by atoms with Gasteiger partial charge in [0.25, 0.3) is 0 Å². The normalized spacial score (nSPS) is 18.0. The number of nitrogens with zero attached hydrogens (tertiary/aromatic N) is 3. The van der Waals surface area contributed by atoms with Crippen molar-refractivity contribution in [3.05, 3.63) is 76.0 Å². The molecule has 0 aliphatic carbocycles. The molecular formula is C18H13BrF3N5O. The van der Waals surface area contributed by atoms with Gasteiger partial charge in [0.15, 0.2) is 5.82 Å². The number of urea groups is 1. The maximum Gasteiger partial charge on any atom is 0.319 e. The third kappa shape index (κ3) is 3.47. The summed E-state index contributed by atoms with van der Waals surface area (Å²) in [5, 5.41) is 13.0. The van der Waals surface area contributed by atoms with E-state index in [1.165, 1.54) is 42.7 Å². The maximum absolute atomic E-state index is 14.5. The van der Waals surface area contributed by atoms with Gasteiger partial charge in [-0.25, -0.2) is 18.0 Å². The van der Waals surface area contributed by atoms with E-state index in [1.54, 1.807) is 4.57 Å². The number of rotatable bonds is 3. The number of carbonyl (C=O) groups is 1. The van der Waals surface area contributed by atoms with E-state index >= 15 is 0 Å². The van der Waals surface area contributed by atoms with Crippen molar-refractivity contribution in [2.45, 2.75) is 18.5 Å². The lowest BCUT2D eigenvalue weighted by Gasteiger charge is -2.21. The monoisotopic (exact) mass is 451 g/mol. The Hall–Kier alpha value is -2.88. The fourth-order valence-corrected chi connectivity index (χ4v) is 3.72. The summed E-state index contributed by atoms with van der Waals surface area (Å²) in [6.07, 6.45) is 1.44. The number of hydrogen-bond donors (Lipinski definition) is 2. The van der Waals surface area contributed by atoms with Gasteiger partial charge in [0.2, 0.25) is 0 Å². The Morgan fingerprint density at radius 2 is 1.82 bits per heavy atom. The Morgan fingerprint density at radius 1 is 1.14 bits per heavy atom. The van der Waals surface area contributed by atoms with E-state index in [0.717, 1.165) is 0 Å². The van der Waals surface area contributed by atoms with Crippen LogP contribution in [0.5, 0.6) is 0 Å². The van der Waals surface area contributed by atoms with Crippen LogP contribution in [0.25, 0.3) is 0 Å². The highest BCUT2D eigenvalue weighted by molar-refractivity contribution is 9.10. The molecule has 2 heterocycles. The van der Waals surface area contributed by atoms with Crippen LogP contribution in [0, 0.1) is 17.5 Å². The standard InChI is InChI=1S/C18H13BrF3N5O/c19-9-5-13(21)15(14(22)6-9)12-7-27-8-23-26-17(27)16(12)25-18(28)24-11-3-1-10(20)2-4-11/h1-6,8,12,16H,7H2,(H2,24,25,28)/t12-,16-/m0/s1. The zero-order valence-corrected chi connectivity index (χ0v) is 15.8. The highest BCUT2D eigenvalue weighted by Crippen LogP contribution is 2.40. The Kier molecular flexibility index (Phi) is 4.80. The Morgan fingerprint density at radius 3 is 2.50 bits per heavy atom. The minimum absolute atomic E-state index is 0.138. The molecule has 0 bridgehead atoms. The van der Waals surface area contributed by atoms with Crippen LogP contribution in [-0.4, -0.2) is 20.8 Å². The van der Waals surface area contributed by atoms with Gasteiger partial charge < -0.3 is 15.2 Å². The Bertz CT molecular complexity index is 1020. The molecular weight excluding hydrogens is 439 g/mol. The lowest BCUT2D eigenvalue weighted by molar-refractivity contribution is 0.246. The van der Waals surface area contributed by atoms with E-state index in [4.69, 9.17) is 0 Å². The topological polar surface area (TPSA) is 71.8 Å². The highest BCUT2D eigenvalue weighted by Gasteiger charge is 2.39. The summed E-state index contributed by atoms with van der Waals surface area (Å²) in [6.45, 7) is 0.208. The van der Waals surface area contributed by atoms with Crippen molar-refractivity contribution >= 4 is 27.6 Å². The molecule has 0 fully saturated rings. The van der Waals surface area contributed by atoms with Crippen molar-refractivity contribution in [1.29, 1.82) is 0 Å². The number of aromatic nitrogens is 3. The smallest absolute Gasteiger partial charge is 0.319 e. The van der Waals surface area contributed by atoms with Crippen LogP contribution in [0.4, 0.5) is 23.7 Å². The number of halogens is 4. The number of fused-ring (bicyclic) bond motifs is 1. The summed E-state index contributed by atoms with van der Waals surface area (Å²) < 4.78 is 43.9. The van der Waals surface area contributed by atoms with E-state index in [2.05, 4.69) is 36.8 Å². The molecule has 28 heavy (non-hydrogen) atoms. The number of hydrogen-bond acceptors (Lipinski definition) is 3. The van der Waals surface area contributed by atoms with Crippen molar-refractivity contribution < 1.29 is 18.0 Å². The molecule has 3 aromatic rings.